The number of benzene rings is 2. The maximum Gasteiger partial charge on any atom is 0.410 e. The maximum atomic E-state index is 12.5. The fraction of sp³-hybridized carbons (Fsp3) is 0.393. The van der Waals surface area contributed by atoms with Gasteiger partial charge in [-0.05, 0) is 62.9 Å². The van der Waals surface area contributed by atoms with Gasteiger partial charge in [-0.1, -0.05) is 30.3 Å². The number of carboxylic acids is 1. The minimum atomic E-state index is -0.889. The molecule has 1 aliphatic heterocycles. The predicted octanol–water partition coefficient (Wildman–Crippen LogP) is 4.20. The summed E-state index contributed by atoms with van der Waals surface area (Å²) in [6.45, 7) is 6.33. The SMILES string of the molecule is C[n+]1c(COc2ccc(C[C@@H]3CN(C(=O)OC(C)(C)C)C[C@H]3C(=O)O)cc2)c[nH]c1-c1ccccc1. The van der Waals surface area contributed by atoms with Crippen LogP contribution >= 0.6 is 0 Å². The number of likely N-dealkylation sites (tertiary alicyclic amines) is 1. The van der Waals surface area contributed by atoms with Gasteiger partial charge in [-0.15, -0.1) is 0 Å². The molecule has 3 aromatic rings. The molecule has 36 heavy (non-hydrogen) atoms. The molecule has 2 aromatic carbocycles. The van der Waals surface area contributed by atoms with Crippen LogP contribution in [0.15, 0.2) is 60.8 Å². The monoisotopic (exact) mass is 492 g/mol. The van der Waals surface area contributed by atoms with Gasteiger partial charge in [0.2, 0.25) is 0 Å². The molecule has 0 bridgehead atoms. The summed E-state index contributed by atoms with van der Waals surface area (Å²) in [4.78, 5) is 29.1. The van der Waals surface area contributed by atoms with Gasteiger partial charge in [0.25, 0.3) is 5.82 Å². The Hall–Kier alpha value is -3.81. The van der Waals surface area contributed by atoms with Gasteiger partial charge in [0.1, 0.15) is 17.5 Å². The molecule has 0 unspecified atom stereocenters. The molecule has 1 aliphatic rings. The molecule has 1 aromatic heterocycles. The lowest BCUT2D eigenvalue weighted by Gasteiger charge is -2.24. The summed E-state index contributed by atoms with van der Waals surface area (Å²) in [7, 11) is 2.00. The number of rotatable bonds is 7. The zero-order valence-corrected chi connectivity index (χ0v) is 21.2. The van der Waals surface area contributed by atoms with Gasteiger partial charge in [0.15, 0.2) is 12.3 Å². The average molecular weight is 493 g/mol. The van der Waals surface area contributed by atoms with Gasteiger partial charge >= 0.3 is 12.1 Å². The van der Waals surface area contributed by atoms with E-state index >= 15 is 0 Å². The van der Waals surface area contributed by atoms with E-state index in [-0.39, 0.29) is 12.5 Å². The summed E-state index contributed by atoms with van der Waals surface area (Å²) in [6, 6.07) is 17.8. The molecule has 8 nitrogen and oxygen atoms in total. The smallest absolute Gasteiger partial charge is 0.410 e. The van der Waals surface area contributed by atoms with Crippen molar-refractivity contribution in [1.82, 2.24) is 9.88 Å². The Kier molecular flexibility index (Phi) is 7.33. The molecule has 1 amide bonds. The topological polar surface area (TPSA) is 95.7 Å². The molecule has 0 saturated carbocycles. The molecule has 2 heterocycles. The van der Waals surface area contributed by atoms with E-state index < -0.39 is 23.6 Å². The summed E-state index contributed by atoms with van der Waals surface area (Å²) in [5.41, 5.74) is 2.50. The van der Waals surface area contributed by atoms with Crippen molar-refractivity contribution in [2.24, 2.45) is 18.9 Å². The number of amides is 1. The first-order chi connectivity index (χ1) is 17.1. The number of imidazole rings is 1. The van der Waals surface area contributed by atoms with Crippen LogP contribution in [0.25, 0.3) is 11.4 Å². The van der Waals surface area contributed by atoms with E-state index in [1.165, 1.54) is 4.90 Å². The molecule has 0 radical (unpaired) electrons. The number of H-pyrrole nitrogens is 1. The molecular weight excluding hydrogens is 458 g/mol. The zero-order chi connectivity index (χ0) is 25.9. The molecule has 1 fully saturated rings. The lowest BCUT2D eigenvalue weighted by Crippen LogP contribution is -2.36. The van der Waals surface area contributed by atoms with E-state index in [9.17, 15) is 14.7 Å². The highest BCUT2D eigenvalue weighted by Gasteiger charge is 2.41. The highest BCUT2D eigenvalue weighted by atomic mass is 16.6. The van der Waals surface area contributed by atoms with Crippen LogP contribution in [0.3, 0.4) is 0 Å². The number of nitrogens with one attached hydrogen (secondary N) is 1. The minimum Gasteiger partial charge on any atom is -0.485 e. The summed E-state index contributed by atoms with van der Waals surface area (Å²) >= 11 is 0. The maximum absolute atomic E-state index is 12.5. The second-order valence-corrected chi connectivity index (χ2v) is 10.3. The normalized spacial score (nSPS) is 17.7. The summed E-state index contributed by atoms with van der Waals surface area (Å²) < 4.78 is 13.5. The van der Waals surface area contributed by atoms with Crippen molar-refractivity contribution in [1.29, 1.82) is 0 Å². The van der Waals surface area contributed by atoms with Crippen molar-refractivity contribution < 1.29 is 28.7 Å². The van der Waals surface area contributed by atoms with Crippen molar-refractivity contribution in [3.8, 4) is 17.1 Å². The lowest BCUT2D eigenvalue weighted by molar-refractivity contribution is -0.668. The number of aromatic amines is 1. The third-order valence-corrected chi connectivity index (χ3v) is 6.41. The molecule has 4 rings (SSSR count). The fourth-order valence-corrected chi connectivity index (χ4v) is 4.52. The molecule has 0 aliphatic carbocycles. The molecule has 0 spiro atoms. The largest absolute Gasteiger partial charge is 0.485 e. The van der Waals surface area contributed by atoms with Crippen LogP contribution in [0, 0.1) is 11.8 Å². The molecule has 8 heteroatoms. The number of carboxylic acid groups (broad SMARTS) is 1. The van der Waals surface area contributed by atoms with Gasteiger partial charge < -0.3 is 19.5 Å². The Morgan fingerprint density at radius 2 is 1.78 bits per heavy atom. The van der Waals surface area contributed by atoms with Crippen molar-refractivity contribution in [2.75, 3.05) is 13.1 Å². The molecular formula is C28H34N3O5+. The highest BCUT2D eigenvalue weighted by Crippen LogP contribution is 2.29. The van der Waals surface area contributed by atoms with Crippen molar-refractivity contribution in [3.63, 3.8) is 0 Å². The Morgan fingerprint density at radius 3 is 2.42 bits per heavy atom. The van der Waals surface area contributed by atoms with E-state index in [4.69, 9.17) is 9.47 Å². The number of nitrogens with zero attached hydrogens (tertiary/aromatic N) is 2. The second kappa shape index (κ2) is 10.4. The number of aromatic nitrogens is 2. The Bertz CT molecular complexity index is 1200. The summed E-state index contributed by atoms with van der Waals surface area (Å²) in [6.07, 6.45) is 2.04. The van der Waals surface area contributed by atoms with Gasteiger partial charge in [0.05, 0.1) is 18.5 Å². The first-order valence-corrected chi connectivity index (χ1v) is 12.1. The quantitative estimate of drug-likeness (QED) is 0.482. The summed E-state index contributed by atoms with van der Waals surface area (Å²) in [5.74, 6) is 0.0468. The molecule has 2 N–H and O–H groups in total. The lowest BCUT2D eigenvalue weighted by atomic mass is 9.90. The zero-order valence-electron chi connectivity index (χ0n) is 21.2. The van der Waals surface area contributed by atoms with Gasteiger partial charge in [-0.2, -0.15) is 0 Å². The number of aliphatic carboxylic acids is 1. The van der Waals surface area contributed by atoms with E-state index in [0.29, 0.717) is 19.6 Å². The van der Waals surface area contributed by atoms with E-state index in [1.54, 1.807) is 20.8 Å². The fourth-order valence-electron chi connectivity index (χ4n) is 4.52. The van der Waals surface area contributed by atoms with Crippen LogP contribution in [0.1, 0.15) is 32.0 Å². The standard InChI is InChI=1S/C28H33N3O5/c1-28(2,3)36-27(34)31-16-21(24(17-31)26(32)33)14-19-10-12-23(13-11-19)35-18-22-15-29-25(30(22)4)20-8-6-5-7-9-20/h5-13,15,21,24H,14,16-18H2,1-4H3,(H,32,33)/p+1/t21-,24-/m1/s1. The Balaban J connectivity index is 1.36. The molecule has 1 saturated heterocycles. The third kappa shape index (κ3) is 6.05. The summed E-state index contributed by atoms with van der Waals surface area (Å²) in [5, 5.41) is 9.71. The van der Waals surface area contributed by atoms with Gasteiger partial charge in [-0.25, -0.2) is 14.3 Å². The minimum absolute atomic E-state index is 0.161. The highest BCUT2D eigenvalue weighted by molar-refractivity contribution is 5.74. The van der Waals surface area contributed by atoms with Gasteiger partial charge in [0, 0.05) is 13.1 Å². The van der Waals surface area contributed by atoms with E-state index in [2.05, 4.69) is 21.7 Å². The van der Waals surface area contributed by atoms with Crippen LogP contribution in [-0.4, -0.2) is 45.7 Å². The number of hydrogen-bond donors (Lipinski definition) is 2. The van der Waals surface area contributed by atoms with Gasteiger partial charge in [-0.3, -0.25) is 4.79 Å². The van der Waals surface area contributed by atoms with E-state index in [1.807, 2.05) is 55.7 Å². The number of ether oxygens (including phenoxy) is 2. The van der Waals surface area contributed by atoms with Crippen molar-refractivity contribution >= 4 is 12.1 Å². The van der Waals surface area contributed by atoms with Crippen LogP contribution < -0.4 is 9.30 Å². The number of carbonyl (C=O) groups excluding carboxylic acids is 1. The van der Waals surface area contributed by atoms with E-state index in [0.717, 1.165) is 28.4 Å². The number of carbonyl (C=O) groups is 2. The van der Waals surface area contributed by atoms with Crippen LogP contribution in [0.5, 0.6) is 5.75 Å². The Morgan fingerprint density at radius 1 is 1.08 bits per heavy atom. The molecule has 190 valence electrons. The molecule has 2 atom stereocenters. The number of hydrogen-bond acceptors (Lipinski definition) is 4. The predicted molar refractivity (Wildman–Crippen MR) is 134 cm³/mol. The van der Waals surface area contributed by atoms with Crippen LogP contribution in [0.4, 0.5) is 4.79 Å². The second-order valence-electron chi connectivity index (χ2n) is 10.3. The third-order valence-electron chi connectivity index (χ3n) is 6.41. The van der Waals surface area contributed by atoms with Crippen molar-refractivity contribution in [2.45, 2.75) is 39.4 Å². The van der Waals surface area contributed by atoms with Crippen LogP contribution in [0.2, 0.25) is 0 Å². The van der Waals surface area contributed by atoms with Crippen LogP contribution in [-0.2, 0) is 29.6 Å². The first-order valence-electron chi connectivity index (χ1n) is 12.1. The first kappa shape index (κ1) is 25.3. The Labute approximate surface area is 211 Å². The average Bonchev–Trinajstić information content (AvgIpc) is 3.42. The van der Waals surface area contributed by atoms with Crippen molar-refractivity contribution in [3.05, 3.63) is 72.1 Å².